The Morgan fingerprint density at radius 1 is 1.67 bits per heavy atom. The molecule has 1 amide bonds. The standard InChI is InChI=1S/C10H16N4O/c1-7(9(15)13-8-3-4-8)12-10-11-5-6-14(10)2/h5-8H,3-4H2,1-2H3,(H,11,12)(H,13,15). The van der Waals surface area contributed by atoms with Crippen LogP contribution in [0.4, 0.5) is 5.95 Å². The number of anilines is 1. The first-order valence-electron chi connectivity index (χ1n) is 5.21. The molecule has 0 bridgehead atoms. The highest BCUT2D eigenvalue weighted by molar-refractivity contribution is 5.84. The van der Waals surface area contributed by atoms with Gasteiger partial charge in [-0.1, -0.05) is 0 Å². The fourth-order valence-corrected chi connectivity index (χ4v) is 1.32. The molecular weight excluding hydrogens is 192 g/mol. The third-order valence-corrected chi connectivity index (χ3v) is 2.48. The van der Waals surface area contributed by atoms with Gasteiger partial charge >= 0.3 is 0 Å². The van der Waals surface area contributed by atoms with E-state index in [4.69, 9.17) is 0 Å². The van der Waals surface area contributed by atoms with E-state index in [-0.39, 0.29) is 11.9 Å². The number of amides is 1. The number of hydrogen-bond acceptors (Lipinski definition) is 3. The number of aryl methyl sites for hydroxylation is 1. The SMILES string of the molecule is CC(Nc1nccn1C)C(=O)NC1CC1. The van der Waals surface area contributed by atoms with E-state index in [2.05, 4.69) is 15.6 Å². The van der Waals surface area contributed by atoms with Crippen molar-refractivity contribution >= 4 is 11.9 Å². The molecular formula is C10H16N4O. The molecule has 1 atom stereocenters. The number of nitrogens with one attached hydrogen (secondary N) is 2. The molecule has 1 heterocycles. The summed E-state index contributed by atoms with van der Waals surface area (Å²) in [5.74, 6) is 0.758. The van der Waals surface area contributed by atoms with Gasteiger partial charge in [0.05, 0.1) is 0 Å². The van der Waals surface area contributed by atoms with Gasteiger partial charge in [0.15, 0.2) is 0 Å². The molecule has 5 heteroatoms. The van der Waals surface area contributed by atoms with Crippen LogP contribution in [0, 0.1) is 0 Å². The third-order valence-electron chi connectivity index (χ3n) is 2.48. The number of nitrogens with zero attached hydrogens (tertiary/aromatic N) is 2. The van der Waals surface area contributed by atoms with Crippen molar-refractivity contribution in [3.05, 3.63) is 12.4 Å². The van der Waals surface area contributed by atoms with Crippen LogP contribution in [0.3, 0.4) is 0 Å². The molecule has 15 heavy (non-hydrogen) atoms. The fraction of sp³-hybridized carbons (Fsp3) is 0.600. The van der Waals surface area contributed by atoms with Gasteiger partial charge in [-0.15, -0.1) is 0 Å². The Balaban J connectivity index is 1.87. The van der Waals surface area contributed by atoms with Crippen LogP contribution in [0.1, 0.15) is 19.8 Å². The van der Waals surface area contributed by atoms with Crippen molar-refractivity contribution in [1.29, 1.82) is 0 Å². The summed E-state index contributed by atoms with van der Waals surface area (Å²) in [6.45, 7) is 1.84. The number of hydrogen-bond donors (Lipinski definition) is 2. The van der Waals surface area contributed by atoms with Gasteiger partial charge < -0.3 is 15.2 Å². The number of carbonyl (C=O) groups excluding carboxylic acids is 1. The average Bonchev–Trinajstić information content (AvgIpc) is 2.92. The third kappa shape index (κ3) is 2.49. The molecule has 0 radical (unpaired) electrons. The van der Waals surface area contributed by atoms with Crippen LogP contribution in [0.2, 0.25) is 0 Å². The normalized spacial score (nSPS) is 17.2. The quantitative estimate of drug-likeness (QED) is 0.757. The van der Waals surface area contributed by atoms with Crippen LogP contribution in [0.25, 0.3) is 0 Å². The lowest BCUT2D eigenvalue weighted by Gasteiger charge is -2.14. The molecule has 1 unspecified atom stereocenters. The maximum Gasteiger partial charge on any atom is 0.242 e. The zero-order valence-electron chi connectivity index (χ0n) is 9.03. The van der Waals surface area contributed by atoms with E-state index >= 15 is 0 Å². The summed E-state index contributed by atoms with van der Waals surface area (Å²) in [5, 5.41) is 6.01. The smallest absolute Gasteiger partial charge is 0.242 e. The lowest BCUT2D eigenvalue weighted by molar-refractivity contribution is -0.121. The average molecular weight is 208 g/mol. The number of imidazole rings is 1. The minimum atomic E-state index is -0.244. The number of aromatic nitrogens is 2. The molecule has 2 N–H and O–H groups in total. The van der Waals surface area contributed by atoms with E-state index in [0.717, 1.165) is 12.8 Å². The molecule has 0 saturated heterocycles. The summed E-state index contributed by atoms with van der Waals surface area (Å²) < 4.78 is 1.85. The van der Waals surface area contributed by atoms with Crippen LogP contribution in [-0.4, -0.2) is 27.5 Å². The predicted molar refractivity (Wildman–Crippen MR) is 57.5 cm³/mol. The summed E-state index contributed by atoms with van der Waals surface area (Å²) in [5.41, 5.74) is 0. The maximum atomic E-state index is 11.6. The first-order valence-corrected chi connectivity index (χ1v) is 5.21. The van der Waals surface area contributed by atoms with Gasteiger partial charge in [0.25, 0.3) is 0 Å². The summed E-state index contributed by atoms with van der Waals surface area (Å²) in [7, 11) is 1.89. The zero-order chi connectivity index (χ0) is 10.8. The summed E-state index contributed by atoms with van der Waals surface area (Å²) in [6.07, 6.45) is 5.77. The number of carbonyl (C=O) groups is 1. The summed E-state index contributed by atoms with van der Waals surface area (Å²) in [6, 6.07) is 0.162. The van der Waals surface area contributed by atoms with Crippen LogP contribution in [0.5, 0.6) is 0 Å². The monoisotopic (exact) mass is 208 g/mol. The second kappa shape index (κ2) is 3.92. The molecule has 1 aromatic rings. The van der Waals surface area contributed by atoms with Gasteiger partial charge in [0.2, 0.25) is 11.9 Å². The highest BCUT2D eigenvalue weighted by Crippen LogP contribution is 2.18. The van der Waals surface area contributed by atoms with Crippen molar-refractivity contribution in [2.24, 2.45) is 7.05 Å². The van der Waals surface area contributed by atoms with Crippen molar-refractivity contribution < 1.29 is 4.79 Å². The molecule has 0 aromatic carbocycles. The molecule has 2 rings (SSSR count). The van der Waals surface area contributed by atoms with Crippen LogP contribution in [-0.2, 0) is 11.8 Å². The lowest BCUT2D eigenvalue weighted by atomic mass is 10.3. The van der Waals surface area contributed by atoms with Crippen LogP contribution >= 0.6 is 0 Å². The predicted octanol–water partition coefficient (Wildman–Crippen LogP) is 0.499. The molecule has 1 aromatic heterocycles. The summed E-state index contributed by atoms with van der Waals surface area (Å²) in [4.78, 5) is 15.7. The molecule has 1 aliphatic carbocycles. The van der Waals surface area contributed by atoms with Crippen LogP contribution in [0.15, 0.2) is 12.4 Å². The van der Waals surface area contributed by atoms with Gasteiger partial charge in [0, 0.05) is 25.5 Å². The highest BCUT2D eigenvalue weighted by Gasteiger charge is 2.25. The summed E-state index contributed by atoms with van der Waals surface area (Å²) >= 11 is 0. The topological polar surface area (TPSA) is 59.0 Å². The van der Waals surface area contributed by atoms with E-state index < -0.39 is 0 Å². The first kappa shape index (κ1) is 10.0. The molecule has 1 aliphatic rings. The largest absolute Gasteiger partial charge is 0.352 e. The molecule has 5 nitrogen and oxygen atoms in total. The van der Waals surface area contributed by atoms with E-state index in [0.29, 0.717) is 12.0 Å². The van der Waals surface area contributed by atoms with Gasteiger partial charge in [0.1, 0.15) is 6.04 Å². The van der Waals surface area contributed by atoms with E-state index in [1.807, 2.05) is 24.7 Å². The second-order valence-electron chi connectivity index (χ2n) is 4.01. The highest BCUT2D eigenvalue weighted by atomic mass is 16.2. The molecule has 1 fully saturated rings. The first-order chi connectivity index (χ1) is 7.16. The Bertz CT molecular complexity index is 356. The minimum absolute atomic E-state index is 0.0421. The van der Waals surface area contributed by atoms with Crippen molar-refractivity contribution in [1.82, 2.24) is 14.9 Å². The Kier molecular flexibility index (Phi) is 2.62. The van der Waals surface area contributed by atoms with Crippen molar-refractivity contribution in [2.75, 3.05) is 5.32 Å². The van der Waals surface area contributed by atoms with Crippen LogP contribution < -0.4 is 10.6 Å². The molecule has 0 aliphatic heterocycles. The second-order valence-corrected chi connectivity index (χ2v) is 4.01. The molecule has 0 spiro atoms. The maximum absolute atomic E-state index is 11.6. The fourth-order valence-electron chi connectivity index (χ4n) is 1.32. The van der Waals surface area contributed by atoms with Gasteiger partial charge in [-0.05, 0) is 19.8 Å². The molecule has 82 valence electrons. The zero-order valence-corrected chi connectivity index (χ0v) is 9.03. The van der Waals surface area contributed by atoms with E-state index in [1.165, 1.54) is 0 Å². The van der Waals surface area contributed by atoms with Gasteiger partial charge in [-0.3, -0.25) is 4.79 Å². The Morgan fingerprint density at radius 2 is 2.40 bits per heavy atom. The Hall–Kier alpha value is -1.52. The van der Waals surface area contributed by atoms with E-state index in [9.17, 15) is 4.79 Å². The lowest BCUT2D eigenvalue weighted by Crippen LogP contribution is -2.39. The van der Waals surface area contributed by atoms with Crippen molar-refractivity contribution in [3.63, 3.8) is 0 Å². The molecule has 1 saturated carbocycles. The van der Waals surface area contributed by atoms with Crippen molar-refractivity contribution in [2.45, 2.75) is 31.8 Å². The van der Waals surface area contributed by atoms with Gasteiger partial charge in [-0.25, -0.2) is 4.98 Å². The minimum Gasteiger partial charge on any atom is -0.352 e. The van der Waals surface area contributed by atoms with Gasteiger partial charge in [-0.2, -0.15) is 0 Å². The Labute approximate surface area is 88.9 Å². The van der Waals surface area contributed by atoms with Crippen molar-refractivity contribution in [3.8, 4) is 0 Å². The number of rotatable bonds is 4. The Morgan fingerprint density at radius 3 is 2.93 bits per heavy atom. The van der Waals surface area contributed by atoms with E-state index in [1.54, 1.807) is 6.20 Å².